The summed E-state index contributed by atoms with van der Waals surface area (Å²) in [4.78, 5) is 43.8. The Balaban J connectivity index is 1.27. The Bertz CT molecular complexity index is 1990. The molecule has 9 N–H and O–H groups in total. The Labute approximate surface area is 311 Å². The summed E-state index contributed by atoms with van der Waals surface area (Å²) < 4.78 is 16.6. The Morgan fingerprint density at radius 2 is 1.81 bits per heavy atom. The summed E-state index contributed by atoms with van der Waals surface area (Å²) in [7, 11) is 0. The van der Waals surface area contributed by atoms with Crippen molar-refractivity contribution in [3.63, 3.8) is 0 Å². The van der Waals surface area contributed by atoms with E-state index in [9.17, 15) is 24.8 Å². The zero-order valence-electron chi connectivity index (χ0n) is 29.0. The van der Waals surface area contributed by atoms with E-state index in [0.717, 1.165) is 5.56 Å². The molecule has 15 heteroatoms. The number of halogens is 1. The number of aliphatic imine (C=N–C) groups is 1. The van der Waals surface area contributed by atoms with Gasteiger partial charge in [-0.2, -0.15) is 5.26 Å². The fourth-order valence-electron chi connectivity index (χ4n) is 5.18. The van der Waals surface area contributed by atoms with Crippen LogP contribution in [0.1, 0.15) is 36.0 Å². The highest BCUT2D eigenvalue weighted by molar-refractivity contribution is 6.31. The van der Waals surface area contributed by atoms with Crippen LogP contribution in [0.3, 0.4) is 0 Å². The normalized spacial score (nSPS) is 11.3. The maximum atomic E-state index is 13.0. The molecule has 278 valence electrons. The first kappa shape index (κ1) is 39.9. The molecule has 0 aliphatic heterocycles. The predicted molar refractivity (Wildman–Crippen MR) is 201 cm³/mol. The third kappa shape index (κ3) is 12.4. The van der Waals surface area contributed by atoms with Crippen LogP contribution in [-0.4, -0.2) is 66.9 Å². The van der Waals surface area contributed by atoms with Gasteiger partial charge >= 0.3 is 5.97 Å². The van der Waals surface area contributed by atoms with Crippen LogP contribution in [-0.2, 0) is 32.1 Å². The van der Waals surface area contributed by atoms with Gasteiger partial charge in [0.15, 0.2) is 5.96 Å². The molecule has 0 aliphatic rings. The van der Waals surface area contributed by atoms with Crippen LogP contribution in [0.2, 0.25) is 5.02 Å². The number of amides is 1. The summed E-state index contributed by atoms with van der Waals surface area (Å²) in [6, 6.07) is 22.5. The number of phenolic OH excluding ortho intramolecular Hbond substituents is 1. The lowest BCUT2D eigenvalue weighted by molar-refractivity contribution is -0.144. The van der Waals surface area contributed by atoms with Crippen molar-refractivity contribution in [2.45, 2.75) is 38.3 Å². The molecule has 3 aromatic carbocycles. The van der Waals surface area contributed by atoms with E-state index >= 15 is 0 Å². The van der Waals surface area contributed by atoms with Crippen LogP contribution in [0.25, 0.3) is 22.4 Å². The quantitative estimate of drug-likeness (QED) is 0.0351. The molecular formula is C38H42ClN7O7. The number of aromatic nitrogens is 1. The maximum Gasteiger partial charge on any atom is 0.308 e. The Hall–Kier alpha value is -5.88. The SMILES string of the molecule is N#Cc1c(-c2cccc(OCc3ccccc3)c2)cc(-c2cc(Cl)c(CCOC(=O)CCOCCNC(=O)C(N)CCCN=C(N)N)cc2O)[nH]c1=O. The van der Waals surface area contributed by atoms with Gasteiger partial charge in [0, 0.05) is 35.7 Å². The van der Waals surface area contributed by atoms with Gasteiger partial charge in [0.1, 0.15) is 29.7 Å². The Morgan fingerprint density at radius 1 is 1.02 bits per heavy atom. The number of guanidine groups is 1. The number of hydrogen-bond donors (Lipinski definition) is 6. The van der Waals surface area contributed by atoms with Crippen molar-refractivity contribution in [1.29, 1.82) is 5.26 Å². The van der Waals surface area contributed by atoms with Gasteiger partial charge in [0.2, 0.25) is 5.91 Å². The van der Waals surface area contributed by atoms with E-state index in [1.165, 1.54) is 12.1 Å². The molecule has 4 aromatic rings. The number of nitrogens with zero attached hydrogens (tertiary/aromatic N) is 2. The number of carbonyl (C=O) groups is 2. The monoisotopic (exact) mass is 743 g/mol. The molecule has 53 heavy (non-hydrogen) atoms. The van der Waals surface area contributed by atoms with Crippen LogP contribution in [0.5, 0.6) is 11.5 Å². The van der Waals surface area contributed by atoms with Crippen molar-refractivity contribution in [3.05, 3.63) is 105 Å². The van der Waals surface area contributed by atoms with Crippen molar-refractivity contribution in [1.82, 2.24) is 10.3 Å². The van der Waals surface area contributed by atoms with Gasteiger partial charge in [-0.05, 0) is 59.9 Å². The lowest BCUT2D eigenvalue weighted by Crippen LogP contribution is -2.41. The summed E-state index contributed by atoms with van der Waals surface area (Å²) in [5.74, 6) is -0.450. The Kier molecular flexibility index (Phi) is 15.2. The largest absolute Gasteiger partial charge is 0.507 e. The number of nitrogens with one attached hydrogen (secondary N) is 2. The number of ether oxygens (including phenoxy) is 3. The number of carbonyl (C=O) groups excluding carboxylic acids is 2. The van der Waals surface area contributed by atoms with Gasteiger partial charge in [0.25, 0.3) is 5.56 Å². The molecule has 0 radical (unpaired) electrons. The van der Waals surface area contributed by atoms with Crippen LogP contribution in [0.4, 0.5) is 0 Å². The smallest absolute Gasteiger partial charge is 0.308 e. The fraction of sp³-hybridized carbons (Fsp3) is 0.289. The van der Waals surface area contributed by atoms with E-state index in [2.05, 4.69) is 15.3 Å². The number of aromatic hydroxyl groups is 1. The van der Waals surface area contributed by atoms with Gasteiger partial charge in [-0.1, -0.05) is 54.1 Å². The highest BCUT2D eigenvalue weighted by Gasteiger charge is 2.17. The average molecular weight is 744 g/mol. The fourth-order valence-corrected chi connectivity index (χ4v) is 5.44. The van der Waals surface area contributed by atoms with E-state index in [4.69, 9.17) is 43.0 Å². The minimum atomic E-state index is -0.696. The summed E-state index contributed by atoms with van der Waals surface area (Å²) in [5, 5.41) is 23.7. The van der Waals surface area contributed by atoms with Crippen LogP contribution < -0.4 is 32.8 Å². The van der Waals surface area contributed by atoms with E-state index in [-0.39, 0.29) is 78.7 Å². The first-order chi connectivity index (χ1) is 25.5. The number of phenols is 1. The first-order valence-corrected chi connectivity index (χ1v) is 17.2. The molecule has 0 saturated carbocycles. The number of hydrogen-bond acceptors (Lipinski definition) is 10. The molecule has 1 unspecified atom stereocenters. The second-order valence-corrected chi connectivity index (χ2v) is 12.3. The number of nitrogens with two attached hydrogens (primary N) is 3. The highest BCUT2D eigenvalue weighted by atomic mass is 35.5. The molecule has 0 bridgehead atoms. The summed E-state index contributed by atoms with van der Waals surface area (Å²) in [6.45, 7) is 1.22. The molecule has 4 rings (SSSR count). The van der Waals surface area contributed by atoms with Gasteiger partial charge in [-0.3, -0.25) is 19.4 Å². The number of esters is 1. The number of nitriles is 1. The number of H-pyrrole nitrogens is 1. The van der Waals surface area contributed by atoms with Crippen molar-refractivity contribution in [2.75, 3.05) is 32.9 Å². The summed E-state index contributed by atoms with van der Waals surface area (Å²) in [5.41, 5.74) is 18.6. The lowest BCUT2D eigenvalue weighted by atomic mass is 9.98. The Morgan fingerprint density at radius 3 is 2.57 bits per heavy atom. The molecule has 1 atom stereocenters. The summed E-state index contributed by atoms with van der Waals surface area (Å²) >= 11 is 6.56. The second kappa shape index (κ2) is 20.2. The third-order valence-electron chi connectivity index (χ3n) is 7.93. The van der Waals surface area contributed by atoms with E-state index < -0.39 is 17.6 Å². The third-order valence-corrected chi connectivity index (χ3v) is 8.28. The van der Waals surface area contributed by atoms with Crippen molar-refractivity contribution in [2.24, 2.45) is 22.2 Å². The molecule has 14 nitrogen and oxygen atoms in total. The molecular weight excluding hydrogens is 702 g/mol. The van der Waals surface area contributed by atoms with Crippen LogP contribution in [0.15, 0.2) is 82.6 Å². The number of pyridine rings is 1. The number of benzene rings is 3. The topological polar surface area (TPSA) is 241 Å². The van der Waals surface area contributed by atoms with E-state index in [1.54, 1.807) is 30.3 Å². The van der Waals surface area contributed by atoms with Crippen molar-refractivity contribution >= 4 is 29.4 Å². The second-order valence-electron chi connectivity index (χ2n) is 11.9. The van der Waals surface area contributed by atoms with E-state index in [0.29, 0.717) is 48.4 Å². The molecule has 0 spiro atoms. The standard InChI is InChI=1S/C38H42ClN7O7/c39-31-20-29(33-21-28(30(22-40)36(49)46-33)25-8-4-9-27(18-25)53-23-24-6-2-1-3-7-24)34(47)19-26(31)11-16-52-35(48)12-15-51-17-14-44-37(50)32(41)10-5-13-45-38(42)43/h1-4,6-9,18-21,32,47H,5,10-17,23,41H2,(H,44,50)(H,46,49)(H4,42,43,45). The minimum Gasteiger partial charge on any atom is -0.507 e. The number of aromatic amines is 1. The lowest BCUT2D eigenvalue weighted by Gasteiger charge is -2.13. The predicted octanol–water partition coefficient (Wildman–Crippen LogP) is 3.51. The number of rotatable bonds is 19. The van der Waals surface area contributed by atoms with Crippen molar-refractivity contribution in [3.8, 4) is 40.0 Å². The molecule has 0 saturated heterocycles. The molecule has 1 amide bonds. The maximum absolute atomic E-state index is 13.0. The first-order valence-electron chi connectivity index (χ1n) is 16.8. The average Bonchev–Trinajstić information content (AvgIpc) is 3.15. The van der Waals surface area contributed by atoms with Crippen molar-refractivity contribution < 1.29 is 28.9 Å². The van der Waals surface area contributed by atoms with E-state index in [1.807, 2.05) is 36.4 Å². The molecule has 0 fully saturated rings. The minimum absolute atomic E-state index is 0.00496. The molecule has 1 aromatic heterocycles. The summed E-state index contributed by atoms with van der Waals surface area (Å²) in [6.07, 6.45) is 1.19. The van der Waals surface area contributed by atoms with Crippen LogP contribution >= 0.6 is 11.6 Å². The molecule has 1 heterocycles. The zero-order chi connectivity index (χ0) is 38.2. The van der Waals surface area contributed by atoms with Gasteiger partial charge < -0.3 is 46.8 Å². The van der Waals surface area contributed by atoms with Gasteiger partial charge in [0.05, 0.1) is 38.0 Å². The van der Waals surface area contributed by atoms with Gasteiger partial charge in [-0.15, -0.1) is 0 Å². The zero-order valence-corrected chi connectivity index (χ0v) is 29.7. The van der Waals surface area contributed by atoms with Crippen LogP contribution in [0, 0.1) is 11.3 Å². The van der Waals surface area contributed by atoms with Gasteiger partial charge in [-0.25, -0.2) is 0 Å². The highest BCUT2D eigenvalue weighted by Crippen LogP contribution is 2.36. The molecule has 0 aliphatic carbocycles.